The quantitative estimate of drug-likeness (QED) is 0.476. The highest BCUT2D eigenvalue weighted by Crippen LogP contribution is 2.00. The van der Waals surface area contributed by atoms with Crippen LogP contribution in [0.2, 0.25) is 0 Å². The van der Waals surface area contributed by atoms with Crippen LogP contribution in [-0.2, 0) is 0 Å². The van der Waals surface area contributed by atoms with Gasteiger partial charge in [-0.2, -0.15) is 0 Å². The first-order valence-electron chi connectivity index (χ1n) is 5.19. The zero-order chi connectivity index (χ0) is 12.8. The number of rotatable bonds is 2. The second-order valence-corrected chi connectivity index (χ2v) is 3.33. The molecule has 2 aromatic rings. The molecule has 0 bridgehead atoms. The van der Waals surface area contributed by atoms with E-state index in [2.05, 4.69) is 20.2 Å². The van der Waals surface area contributed by atoms with Gasteiger partial charge in [-0.05, 0) is 24.3 Å². The fourth-order valence-corrected chi connectivity index (χ4v) is 1.21. The standard InChI is InChI=1S/C12H10N6/c13-11(9-5-1-3-7-15-9)17-18-12(14)10-6-2-4-8-16-10/h1-8,13-14H. The van der Waals surface area contributed by atoms with E-state index in [4.69, 9.17) is 10.8 Å². The lowest BCUT2D eigenvalue weighted by atomic mass is 10.3. The molecule has 0 aliphatic rings. The number of nitrogens with zero attached hydrogens (tertiary/aromatic N) is 4. The van der Waals surface area contributed by atoms with Gasteiger partial charge in [0.15, 0.2) is 11.7 Å². The van der Waals surface area contributed by atoms with Crippen LogP contribution in [0.15, 0.2) is 59.0 Å². The fraction of sp³-hybridized carbons (Fsp3) is 0. The molecule has 88 valence electrons. The van der Waals surface area contributed by atoms with E-state index >= 15 is 0 Å². The molecule has 0 spiro atoms. The summed E-state index contributed by atoms with van der Waals surface area (Å²) in [5.74, 6) is -0.174. The third kappa shape index (κ3) is 2.88. The van der Waals surface area contributed by atoms with Gasteiger partial charge < -0.3 is 0 Å². The number of nitrogens with one attached hydrogen (secondary N) is 2. The Morgan fingerprint density at radius 3 is 1.56 bits per heavy atom. The zero-order valence-electron chi connectivity index (χ0n) is 9.41. The topological polar surface area (TPSA) is 98.2 Å². The van der Waals surface area contributed by atoms with Crippen molar-refractivity contribution in [2.24, 2.45) is 10.2 Å². The summed E-state index contributed by atoms with van der Waals surface area (Å²) < 4.78 is 0. The molecule has 0 unspecified atom stereocenters. The Bertz CT molecular complexity index is 523. The molecule has 0 radical (unpaired) electrons. The lowest BCUT2D eigenvalue weighted by Gasteiger charge is -1.96. The van der Waals surface area contributed by atoms with Gasteiger partial charge in [0.05, 0.1) is 0 Å². The van der Waals surface area contributed by atoms with Crippen molar-refractivity contribution in [1.29, 1.82) is 10.8 Å². The van der Waals surface area contributed by atoms with E-state index in [1.165, 1.54) is 0 Å². The first-order valence-corrected chi connectivity index (χ1v) is 5.19. The first kappa shape index (κ1) is 11.7. The molecule has 6 heteroatoms. The van der Waals surface area contributed by atoms with Gasteiger partial charge >= 0.3 is 0 Å². The molecule has 0 saturated carbocycles. The summed E-state index contributed by atoms with van der Waals surface area (Å²) in [6.07, 6.45) is 3.15. The third-order valence-electron chi connectivity index (χ3n) is 2.07. The minimum absolute atomic E-state index is 0.0868. The van der Waals surface area contributed by atoms with Crippen molar-refractivity contribution in [1.82, 2.24) is 9.97 Å². The van der Waals surface area contributed by atoms with Crippen molar-refractivity contribution in [3.05, 3.63) is 60.2 Å². The van der Waals surface area contributed by atoms with Gasteiger partial charge in [0.1, 0.15) is 11.4 Å². The number of hydrogen-bond acceptors (Lipinski definition) is 4. The molecule has 0 fully saturated rings. The second kappa shape index (κ2) is 5.53. The Labute approximate surface area is 103 Å². The molecule has 0 aliphatic carbocycles. The highest BCUT2D eigenvalue weighted by molar-refractivity contribution is 5.99. The lowest BCUT2D eigenvalue weighted by molar-refractivity contribution is 1.18. The fourth-order valence-electron chi connectivity index (χ4n) is 1.21. The average molecular weight is 238 g/mol. The second-order valence-electron chi connectivity index (χ2n) is 3.33. The van der Waals surface area contributed by atoms with Crippen LogP contribution in [0.25, 0.3) is 0 Å². The normalized spacial score (nSPS) is 10.4. The number of azo groups is 1. The molecule has 0 saturated heterocycles. The summed E-state index contributed by atoms with van der Waals surface area (Å²) in [5.41, 5.74) is 0.824. The summed E-state index contributed by atoms with van der Waals surface area (Å²) in [5, 5.41) is 22.6. The van der Waals surface area contributed by atoms with E-state index < -0.39 is 0 Å². The predicted octanol–water partition coefficient (Wildman–Crippen LogP) is 2.28. The smallest absolute Gasteiger partial charge is 0.193 e. The molecule has 2 rings (SSSR count). The van der Waals surface area contributed by atoms with Crippen LogP contribution in [0.5, 0.6) is 0 Å². The monoisotopic (exact) mass is 238 g/mol. The SMILES string of the molecule is N=C(N=NC(=N)c1ccccn1)c1ccccn1. The molecular formula is C12H10N6. The Morgan fingerprint density at radius 2 is 1.22 bits per heavy atom. The minimum Gasteiger partial charge on any atom is -0.279 e. The lowest BCUT2D eigenvalue weighted by Crippen LogP contribution is -2.01. The van der Waals surface area contributed by atoms with Crippen molar-refractivity contribution < 1.29 is 0 Å². The van der Waals surface area contributed by atoms with E-state index in [1.54, 1.807) is 48.8 Å². The summed E-state index contributed by atoms with van der Waals surface area (Å²) in [4.78, 5) is 7.93. The molecule has 18 heavy (non-hydrogen) atoms. The number of amidine groups is 2. The highest BCUT2D eigenvalue weighted by atomic mass is 15.2. The molecule has 0 aliphatic heterocycles. The van der Waals surface area contributed by atoms with Gasteiger partial charge in [0.2, 0.25) is 0 Å². The Balaban J connectivity index is 2.08. The molecule has 0 atom stereocenters. The van der Waals surface area contributed by atoms with E-state index in [0.29, 0.717) is 11.4 Å². The van der Waals surface area contributed by atoms with Crippen LogP contribution in [0.4, 0.5) is 0 Å². The van der Waals surface area contributed by atoms with E-state index in [1.807, 2.05) is 0 Å². The van der Waals surface area contributed by atoms with Crippen molar-refractivity contribution in [2.45, 2.75) is 0 Å². The van der Waals surface area contributed by atoms with Crippen molar-refractivity contribution >= 4 is 11.7 Å². The van der Waals surface area contributed by atoms with Crippen LogP contribution in [0, 0.1) is 10.8 Å². The zero-order valence-corrected chi connectivity index (χ0v) is 9.41. The van der Waals surface area contributed by atoms with Crippen LogP contribution in [0.3, 0.4) is 0 Å². The van der Waals surface area contributed by atoms with E-state index in [0.717, 1.165) is 0 Å². The molecule has 2 heterocycles. The maximum Gasteiger partial charge on any atom is 0.193 e. The molecule has 2 aromatic heterocycles. The van der Waals surface area contributed by atoms with Gasteiger partial charge in [-0.15, -0.1) is 10.2 Å². The summed E-state index contributed by atoms with van der Waals surface area (Å²) in [6, 6.07) is 10.3. The van der Waals surface area contributed by atoms with Crippen molar-refractivity contribution in [3.8, 4) is 0 Å². The van der Waals surface area contributed by atoms with Gasteiger partial charge in [0, 0.05) is 12.4 Å². The summed E-state index contributed by atoms with van der Waals surface area (Å²) >= 11 is 0. The Hall–Kier alpha value is -2.76. The third-order valence-corrected chi connectivity index (χ3v) is 2.07. The van der Waals surface area contributed by atoms with Crippen LogP contribution in [-0.4, -0.2) is 21.6 Å². The van der Waals surface area contributed by atoms with Crippen molar-refractivity contribution in [2.75, 3.05) is 0 Å². The number of hydrogen-bond donors (Lipinski definition) is 2. The Morgan fingerprint density at radius 1 is 0.778 bits per heavy atom. The minimum atomic E-state index is -0.0868. The van der Waals surface area contributed by atoms with Gasteiger partial charge in [0.25, 0.3) is 0 Å². The first-order chi connectivity index (χ1) is 8.77. The molecule has 2 N–H and O–H groups in total. The Kier molecular flexibility index (Phi) is 3.60. The molecule has 6 nitrogen and oxygen atoms in total. The largest absolute Gasteiger partial charge is 0.279 e. The number of pyridine rings is 2. The number of aromatic nitrogens is 2. The molecular weight excluding hydrogens is 228 g/mol. The van der Waals surface area contributed by atoms with Gasteiger partial charge in [-0.25, -0.2) is 0 Å². The maximum absolute atomic E-state index is 7.65. The highest BCUT2D eigenvalue weighted by Gasteiger charge is 2.02. The van der Waals surface area contributed by atoms with Crippen LogP contribution >= 0.6 is 0 Å². The van der Waals surface area contributed by atoms with Gasteiger partial charge in [-0.3, -0.25) is 20.8 Å². The van der Waals surface area contributed by atoms with Crippen molar-refractivity contribution in [3.63, 3.8) is 0 Å². The van der Waals surface area contributed by atoms with E-state index in [-0.39, 0.29) is 11.7 Å². The summed E-state index contributed by atoms with van der Waals surface area (Å²) in [7, 11) is 0. The predicted molar refractivity (Wildman–Crippen MR) is 67.0 cm³/mol. The van der Waals surface area contributed by atoms with Crippen LogP contribution < -0.4 is 0 Å². The maximum atomic E-state index is 7.65. The average Bonchev–Trinajstić information content (AvgIpc) is 2.46. The summed E-state index contributed by atoms with van der Waals surface area (Å²) in [6.45, 7) is 0. The molecule has 0 amide bonds. The molecule has 0 aromatic carbocycles. The van der Waals surface area contributed by atoms with Crippen LogP contribution in [0.1, 0.15) is 11.4 Å². The van der Waals surface area contributed by atoms with Gasteiger partial charge in [-0.1, -0.05) is 12.1 Å². The van der Waals surface area contributed by atoms with E-state index in [9.17, 15) is 0 Å².